The summed E-state index contributed by atoms with van der Waals surface area (Å²) in [6.45, 7) is 4.16. The van der Waals surface area contributed by atoms with Crippen LogP contribution in [0.1, 0.15) is 11.4 Å². The van der Waals surface area contributed by atoms with Crippen molar-refractivity contribution in [1.82, 2.24) is 9.97 Å². The van der Waals surface area contributed by atoms with Crippen LogP contribution in [0.5, 0.6) is 0 Å². The van der Waals surface area contributed by atoms with Crippen LogP contribution in [0.3, 0.4) is 0 Å². The van der Waals surface area contributed by atoms with E-state index in [1.807, 2.05) is 30.1 Å². The van der Waals surface area contributed by atoms with Gasteiger partial charge in [0.05, 0.1) is 0 Å². The standard InChI is InChI=1S/C24H15N2S.Ir/c1-13-11-19-15(14(2)26-13)7-8-16-17-9-10-25-24-18-5-3-4-6-21(18)27-22(23(17)24)12-20(16)19;/h3-4,6-12H,1-2H3;/q-1;. The number of hydrogen-bond acceptors (Lipinski definition) is 3. The van der Waals surface area contributed by atoms with Crippen molar-refractivity contribution in [2.24, 2.45) is 0 Å². The minimum absolute atomic E-state index is 0. The van der Waals surface area contributed by atoms with Crippen molar-refractivity contribution in [1.29, 1.82) is 0 Å². The first kappa shape index (κ1) is 17.8. The van der Waals surface area contributed by atoms with E-state index in [0.29, 0.717) is 0 Å². The molecule has 0 saturated carbocycles. The number of hydrogen-bond donors (Lipinski definition) is 0. The molecule has 2 nitrogen and oxygen atoms in total. The number of aromatic nitrogens is 2. The maximum Gasteiger partial charge on any atom is 0.0454 e. The van der Waals surface area contributed by atoms with Crippen molar-refractivity contribution in [2.45, 2.75) is 23.6 Å². The smallest absolute Gasteiger partial charge is 0.0454 e. The first-order valence-corrected chi connectivity index (χ1v) is 9.84. The minimum atomic E-state index is 0. The molecule has 1 aliphatic rings. The summed E-state index contributed by atoms with van der Waals surface area (Å²) in [5.41, 5.74) is 4.30. The van der Waals surface area contributed by atoms with Crippen LogP contribution in [-0.4, -0.2) is 9.97 Å². The van der Waals surface area contributed by atoms with Gasteiger partial charge in [-0.2, -0.15) is 0 Å². The van der Waals surface area contributed by atoms with Crippen molar-refractivity contribution in [3.8, 4) is 11.3 Å². The third kappa shape index (κ3) is 2.39. The van der Waals surface area contributed by atoms with Gasteiger partial charge >= 0.3 is 0 Å². The number of rotatable bonds is 0. The zero-order valence-corrected chi connectivity index (χ0v) is 18.5. The third-order valence-electron chi connectivity index (χ3n) is 5.41. The SMILES string of the molecule is Cc1cc2c(ccc3c4ccnc5c4c(cc23)Sc2ccc[c-]c2-5)c(C)n1.[Ir]. The van der Waals surface area contributed by atoms with Crippen LogP contribution in [0, 0.1) is 19.9 Å². The summed E-state index contributed by atoms with van der Waals surface area (Å²) >= 11 is 1.82. The molecule has 3 heterocycles. The van der Waals surface area contributed by atoms with E-state index in [0.717, 1.165) is 22.6 Å². The van der Waals surface area contributed by atoms with E-state index in [-0.39, 0.29) is 20.1 Å². The van der Waals surface area contributed by atoms with Gasteiger partial charge in [0, 0.05) is 48.0 Å². The number of pyridine rings is 2. The normalized spacial score (nSPS) is 12.2. The van der Waals surface area contributed by atoms with Crippen LogP contribution in [0.4, 0.5) is 0 Å². The Morgan fingerprint density at radius 3 is 2.57 bits per heavy atom. The van der Waals surface area contributed by atoms with Gasteiger partial charge in [0.15, 0.2) is 0 Å². The molecule has 0 N–H and O–H groups in total. The van der Waals surface area contributed by atoms with Crippen molar-refractivity contribution in [3.63, 3.8) is 0 Å². The van der Waals surface area contributed by atoms with Gasteiger partial charge in [-0.25, -0.2) is 0 Å². The number of fused-ring (bicyclic) bond motifs is 6. The van der Waals surface area contributed by atoms with Gasteiger partial charge in [0.1, 0.15) is 0 Å². The van der Waals surface area contributed by atoms with Gasteiger partial charge in [-0.15, -0.1) is 41.6 Å². The Hall–Kier alpha value is -2.26. The number of aryl methyl sites for hydroxylation is 2. The van der Waals surface area contributed by atoms with E-state index >= 15 is 0 Å². The molecule has 0 bridgehead atoms. The second-order valence-electron chi connectivity index (χ2n) is 7.07. The molecule has 0 spiro atoms. The zero-order chi connectivity index (χ0) is 18.1. The summed E-state index contributed by atoms with van der Waals surface area (Å²) in [5, 5.41) is 7.57. The molecule has 2 aromatic heterocycles. The molecule has 0 atom stereocenters. The van der Waals surface area contributed by atoms with Crippen LogP contribution in [-0.2, 0) is 20.1 Å². The Kier molecular flexibility index (Phi) is 4.06. The summed E-state index contributed by atoms with van der Waals surface area (Å²) in [7, 11) is 0. The van der Waals surface area contributed by atoms with Gasteiger partial charge < -0.3 is 4.98 Å². The molecule has 0 amide bonds. The quantitative estimate of drug-likeness (QED) is 0.158. The Labute approximate surface area is 180 Å². The molecule has 5 aromatic rings. The fraction of sp³-hybridized carbons (Fsp3) is 0.0833. The second-order valence-corrected chi connectivity index (χ2v) is 8.16. The predicted molar refractivity (Wildman–Crippen MR) is 112 cm³/mol. The molecule has 1 aliphatic heterocycles. The maximum absolute atomic E-state index is 4.72. The van der Waals surface area contributed by atoms with E-state index in [4.69, 9.17) is 4.98 Å². The Bertz CT molecular complexity index is 1430. The van der Waals surface area contributed by atoms with Crippen molar-refractivity contribution in [2.75, 3.05) is 0 Å². The molecule has 6 rings (SSSR count). The second kappa shape index (κ2) is 6.38. The molecule has 137 valence electrons. The molecule has 0 unspecified atom stereocenters. The summed E-state index contributed by atoms with van der Waals surface area (Å²) in [5.74, 6) is 0. The van der Waals surface area contributed by atoms with Gasteiger partial charge in [0.2, 0.25) is 0 Å². The topological polar surface area (TPSA) is 25.8 Å². The van der Waals surface area contributed by atoms with E-state index in [9.17, 15) is 0 Å². The summed E-state index contributed by atoms with van der Waals surface area (Å²) in [6.07, 6.45) is 1.93. The monoisotopic (exact) mass is 556 g/mol. The average molecular weight is 556 g/mol. The predicted octanol–water partition coefficient (Wildman–Crippen LogP) is 6.48. The molecule has 0 fully saturated rings. The third-order valence-corrected chi connectivity index (χ3v) is 6.51. The maximum atomic E-state index is 4.72. The van der Waals surface area contributed by atoms with Gasteiger partial charge in [-0.05, 0) is 64.7 Å². The Morgan fingerprint density at radius 2 is 1.68 bits per heavy atom. The van der Waals surface area contributed by atoms with Gasteiger partial charge in [0.25, 0.3) is 0 Å². The molecular weight excluding hydrogens is 541 g/mol. The molecule has 28 heavy (non-hydrogen) atoms. The van der Waals surface area contributed by atoms with Crippen molar-refractivity contribution in [3.05, 3.63) is 72.2 Å². The minimum Gasteiger partial charge on any atom is -0.304 e. The largest absolute Gasteiger partial charge is 0.304 e. The molecule has 0 saturated heterocycles. The molecule has 0 aliphatic carbocycles. The van der Waals surface area contributed by atoms with Crippen LogP contribution < -0.4 is 0 Å². The van der Waals surface area contributed by atoms with E-state index in [1.165, 1.54) is 42.1 Å². The number of benzene rings is 3. The molecule has 4 heteroatoms. The average Bonchev–Trinajstić information content (AvgIpc) is 2.68. The first-order chi connectivity index (χ1) is 13.2. The number of nitrogens with zero attached hydrogens (tertiary/aromatic N) is 2. The summed E-state index contributed by atoms with van der Waals surface area (Å²) in [4.78, 5) is 11.9. The van der Waals surface area contributed by atoms with E-state index in [1.54, 1.807) is 0 Å². The zero-order valence-electron chi connectivity index (χ0n) is 15.3. The fourth-order valence-corrected chi connectivity index (χ4v) is 5.41. The fourth-order valence-electron chi connectivity index (χ4n) is 4.28. The van der Waals surface area contributed by atoms with Crippen molar-refractivity contribution >= 4 is 44.1 Å². The van der Waals surface area contributed by atoms with Crippen LogP contribution in [0.25, 0.3) is 43.6 Å². The van der Waals surface area contributed by atoms with Crippen LogP contribution in [0.15, 0.2) is 64.5 Å². The van der Waals surface area contributed by atoms with Crippen molar-refractivity contribution < 1.29 is 20.1 Å². The van der Waals surface area contributed by atoms with Gasteiger partial charge in [-0.3, -0.25) is 4.98 Å². The summed E-state index contributed by atoms with van der Waals surface area (Å²) < 4.78 is 0. The Morgan fingerprint density at radius 1 is 0.857 bits per heavy atom. The van der Waals surface area contributed by atoms with E-state index in [2.05, 4.69) is 61.3 Å². The molecular formula is C24H15IrN2S-. The first-order valence-electron chi connectivity index (χ1n) is 9.02. The molecule has 1 radical (unpaired) electrons. The Balaban J connectivity index is 0.00000171. The van der Waals surface area contributed by atoms with Crippen LogP contribution in [0.2, 0.25) is 0 Å². The summed E-state index contributed by atoms with van der Waals surface area (Å²) in [6, 6.07) is 20.7. The van der Waals surface area contributed by atoms with Gasteiger partial charge in [-0.1, -0.05) is 17.0 Å². The molecule has 3 aromatic carbocycles. The van der Waals surface area contributed by atoms with Crippen LogP contribution >= 0.6 is 11.8 Å². The van der Waals surface area contributed by atoms with E-state index < -0.39 is 0 Å².